The van der Waals surface area contributed by atoms with Crippen LogP contribution in [-0.4, -0.2) is 54.6 Å². The summed E-state index contributed by atoms with van der Waals surface area (Å²) < 4.78 is 16.3. The van der Waals surface area contributed by atoms with Crippen molar-refractivity contribution >= 4 is 5.91 Å². The SMILES string of the molecule is COC1C=CC23c4cc5c(cc4C(=O)N(CC2O)C3C1)OCO5. The highest BCUT2D eigenvalue weighted by molar-refractivity contribution is 6.00. The number of amides is 1. The van der Waals surface area contributed by atoms with E-state index in [0.717, 1.165) is 5.56 Å². The molecule has 5 rings (SSSR count). The molecule has 3 heterocycles. The number of ether oxygens (including phenoxy) is 3. The van der Waals surface area contributed by atoms with Crippen molar-refractivity contribution in [3.05, 3.63) is 35.4 Å². The molecule has 3 aliphatic heterocycles. The summed E-state index contributed by atoms with van der Waals surface area (Å²) in [5.41, 5.74) is 0.852. The minimum absolute atomic E-state index is 0.0377. The fourth-order valence-corrected chi connectivity index (χ4v) is 4.53. The van der Waals surface area contributed by atoms with Crippen LogP contribution in [0.5, 0.6) is 11.5 Å². The van der Waals surface area contributed by atoms with Crippen molar-refractivity contribution in [2.45, 2.75) is 30.1 Å². The number of aliphatic hydroxyl groups is 1. The smallest absolute Gasteiger partial charge is 0.254 e. The van der Waals surface area contributed by atoms with Crippen molar-refractivity contribution in [1.82, 2.24) is 4.90 Å². The van der Waals surface area contributed by atoms with E-state index in [0.29, 0.717) is 30.0 Å². The molecule has 4 aliphatic rings. The Morgan fingerprint density at radius 2 is 2.13 bits per heavy atom. The Morgan fingerprint density at radius 1 is 1.35 bits per heavy atom. The molecule has 1 aromatic rings. The van der Waals surface area contributed by atoms with E-state index in [2.05, 4.69) is 0 Å². The van der Waals surface area contributed by atoms with E-state index in [1.807, 2.05) is 18.2 Å². The highest BCUT2D eigenvalue weighted by Crippen LogP contribution is 2.53. The molecular weight excluding hydrogens is 298 g/mol. The van der Waals surface area contributed by atoms with Gasteiger partial charge in [-0.05, 0) is 24.1 Å². The second-order valence-corrected chi connectivity index (χ2v) is 6.54. The zero-order valence-electron chi connectivity index (χ0n) is 12.7. The van der Waals surface area contributed by atoms with E-state index < -0.39 is 11.5 Å². The normalized spacial score (nSPS) is 36.2. The molecule has 1 fully saturated rings. The first-order valence-electron chi connectivity index (χ1n) is 7.80. The third-order valence-corrected chi connectivity index (χ3v) is 5.66. The Morgan fingerprint density at radius 3 is 2.91 bits per heavy atom. The van der Waals surface area contributed by atoms with Gasteiger partial charge in [0.25, 0.3) is 5.91 Å². The maximum atomic E-state index is 12.9. The molecule has 4 unspecified atom stereocenters. The Balaban J connectivity index is 1.77. The third kappa shape index (κ3) is 1.48. The van der Waals surface area contributed by atoms with Crippen LogP contribution in [0.25, 0.3) is 0 Å². The number of nitrogens with zero attached hydrogens (tertiary/aromatic N) is 1. The fraction of sp³-hybridized carbons (Fsp3) is 0.471. The van der Waals surface area contributed by atoms with Crippen molar-refractivity contribution in [3.63, 3.8) is 0 Å². The van der Waals surface area contributed by atoms with E-state index in [1.54, 1.807) is 18.1 Å². The highest BCUT2D eigenvalue weighted by atomic mass is 16.7. The van der Waals surface area contributed by atoms with E-state index >= 15 is 0 Å². The first kappa shape index (κ1) is 13.4. The molecule has 1 aromatic carbocycles. The van der Waals surface area contributed by atoms with Crippen LogP contribution in [0.2, 0.25) is 0 Å². The lowest BCUT2D eigenvalue weighted by molar-refractivity contribution is 0.0517. The fourth-order valence-electron chi connectivity index (χ4n) is 4.53. The molecule has 0 aromatic heterocycles. The number of hydrogen-bond donors (Lipinski definition) is 1. The Labute approximate surface area is 133 Å². The molecule has 23 heavy (non-hydrogen) atoms. The number of fused-ring (bicyclic) bond motifs is 2. The van der Waals surface area contributed by atoms with Gasteiger partial charge < -0.3 is 24.2 Å². The Bertz CT molecular complexity index is 745. The van der Waals surface area contributed by atoms with Gasteiger partial charge in [-0.1, -0.05) is 12.2 Å². The minimum atomic E-state index is -0.632. The lowest BCUT2D eigenvalue weighted by Crippen LogP contribution is -2.54. The largest absolute Gasteiger partial charge is 0.454 e. The molecule has 1 aliphatic carbocycles. The molecule has 1 saturated heterocycles. The summed E-state index contributed by atoms with van der Waals surface area (Å²) in [4.78, 5) is 14.7. The first-order chi connectivity index (χ1) is 11.1. The number of carbonyl (C=O) groups is 1. The van der Waals surface area contributed by atoms with Gasteiger partial charge in [0.2, 0.25) is 6.79 Å². The molecule has 6 heteroatoms. The summed E-state index contributed by atoms with van der Waals surface area (Å²) in [6.07, 6.45) is 4.03. The summed E-state index contributed by atoms with van der Waals surface area (Å²) in [6.45, 7) is 0.502. The van der Waals surface area contributed by atoms with Gasteiger partial charge in [0, 0.05) is 19.2 Å². The summed E-state index contributed by atoms with van der Waals surface area (Å²) in [6, 6.07) is 3.53. The maximum Gasteiger partial charge on any atom is 0.254 e. The average Bonchev–Trinajstić information content (AvgIpc) is 3.12. The van der Waals surface area contributed by atoms with Gasteiger partial charge in [-0.25, -0.2) is 0 Å². The average molecular weight is 315 g/mol. The standard InChI is InChI=1S/C17H17NO5/c1-21-9-2-3-17-11-6-13-12(22-8-23-13)5-10(11)16(20)18(7-15(17)19)14(17)4-9/h2-3,5-6,9,14-15,19H,4,7-8H2,1H3. The molecular formula is C17H17NO5. The van der Waals surface area contributed by atoms with Gasteiger partial charge in [-0.3, -0.25) is 4.79 Å². The summed E-state index contributed by atoms with van der Waals surface area (Å²) in [5.74, 6) is 1.18. The number of carbonyl (C=O) groups excluding carboxylic acids is 1. The number of hydrogen-bond acceptors (Lipinski definition) is 5. The molecule has 0 radical (unpaired) electrons. The number of aliphatic hydroxyl groups excluding tert-OH is 1. The molecule has 6 nitrogen and oxygen atoms in total. The van der Waals surface area contributed by atoms with Crippen LogP contribution in [0.15, 0.2) is 24.3 Å². The molecule has 4 atom stereocenters. The maximum absolute atomic E-state index is 12.9. The summed E-state index contributed by atoms with van der Waals surface area (Å²) >= 11 is 0. The highest BCUT2D eigenvalue weighted by Gasteiger charge is 2.61. The van der Waals surface area contributed by atoms with Crippen LogP contribution in [0.1, 0.15) is 22.3 Å². The van der Waals surface area contributed by atoms with Crippen molar-refractivity contribution in [3.8, 4) is 11.5 Å². The quantitative estimate of drug-likeness (QED) is 0.778. The van der Waals surface area contributed by atoms with Crippen LogP contribution in [0.3, 0.4) is 0 Å². The van der Waals surface area contributed by atoms with Gasteiger partial charge in [0.05, 0.1) is 23.7 Å². The summed E-state index contributed by atoms with van der Waals surface area (Å²) in [5, 5.41) is 10.8. The predicted molar refractivity (Wildman–Crippen MR) is 79.6 cm³/mol. The molecule has 0 spiro atoms. The monoisotopic (exact) mass is 315 g/mol. The van der Waals surface area contributed by atoms with Crippen LogP contribution >= 0.6 is 0 Å². The van der Waals surface area contributed by atoms with Crippen molar-refractivity contribution in [2.24, 2.45) is 0 Å². The summed E-state index contributed by atoms with van der Waals surface area (Å²) in [7, 11) is 1.66. The van der Waals surface area contributed by atoms with Crippen molar-refractivity contribution < 1.29 is 24.1 Å². The molecule has 0 saturated carbocycles. The zero-order chi connectivity index (χ0) is 15.8. The van der Waals surface area contributed by atoms with E-state index in [4.69, 9.17) is 14.2 Å². The molecule has 1 N–H and O–H groups in total. The lowest BCUT2D eigenvalue weighted by Gasteiger charge is -2.45. The minimum Gasteiger partial charge on any atom is -0.454 e. The third-order valence-electron chi connectivity index (χ3n) is 5.66. The van der Waals surface area contributed by atoms with Gasteiger partial charge in [0.15, 0.2) is 11.5 Å². The Kier molecular flexibility index (Phi) is 2.49. The Hall–Kier alpha value is -2.05. The second kappa shape index (κ2) is 4.27. The van der Waals surface area contributed by atoms with Crippen LogP contribution in [0.4, 0.5) is 0 Å². The van der Waals surface area contributed by atoms with Crippen molar-refractivity contribution in [2.75, 3.05) is 20.4 Å². The van der Waals surface area contributed by atoms with Crippen LogP contribution < -0.4 is 9.47 Å². The number of methoxy groups -OCH3 is 1. The van der Waals surface area contributed by atoms with Crippen LogP contribution in [0, 0.1) is 0 Å². The van der Waals surface area contributed by atoms with Gasteiger partial charge in [-0.15, -0.1) is 0 Å². The first-order valence-corrected chi connectivity index (χ1v) is 7.80. The topological polar surface area (TPSA) is 68.2 Å². The lowest BCUT2D eigenvalue weighted by atomic mass is 9.65. The second-order valence-electron chi connectivity index (χ2n) is 6.54. The van der Waals surface area contributed by atoms with Gasteiger partial charge >= 0.3 is 0 Å². The van der Waals surface area contributed by atoms with E-state index in [1.165, 1.54) is 0 Å². The van der Waals surface area contributed by atoms with Crippen molar-refractivity contribution in [1.29, 1.82) is 0 Å². The molecule has 1 amide bonds. The molecule has 2 bridgehead atoms. The molecule has 120 valence electrons. The number of benzene rings is 1. The predicted octanol–water partition coefficient (Wildman–Crippen LogP) is 0.827. The van der Waals surface area contributed by atoms with E-state index in [-0.39, 0.29) is 24.8 Å². The number of rotatable bonds is 1. The van der Waals surface area contributed by atoms with Gasteiger partial charge in [0.1, 0.15) is 0 Å². The zero-order valence-corrected chi connectivity index (χ0v) is 12.7. The van der Waals surface area contributed by atoms with E-state index in [9.17, 15) is 9.90 Å². The van der Waals surface area contributed by atoms with Crippen LogP contribution in [-0.2, 0) is 10.2 Å². The van der Waals surface area contributed by atoms with Gasteiger partial charge in [-0.2, -0.15) is 0 Å².